The molecule has 2 heterocycles. The third kappa shape index (κ3) is 5.13. The Kier molecular flexibility index (Phi) is 6.35. The van der Waals surface area contributed by atoms with Gasteiger partial charge >= 0.3 is 0 Å². The minimum absolute atomic E-state index is 0.122. The van der Waals surface area contributed by atoms with Crippen molar-refractivity contribution >= 4 is 0 Å². The number of nitrogens with zero attached hydrogens (tertiary/aromatic N) is 2. The summed E-state index contributed by atoms with van der Waals surface area (Å²) in [5, 5.41) is 12.8. The fraction of sp³-hybridized carbons (Fsp3) is 0.450. The standard InChI is InChI=1S/C20H27N3O/c24-16-19-3-1-17(2-4-19)7-12-22-20-8-13-23(14-9-20)15-18-5-10-21-11-6-18/h1-6,10-11,20,22,24H,7-9,12-16H2. The topological polar surface area (TPSA) is 48.4 Å². The van der Waals surface area contributed by atoms with Crippen molar-refractivity contribution in [1.82, 2.24) is 15.2 Å². The molecule has 0 aliphatic carbocycles. The van der Waals surface area contributed by atoms with Gasteiger partial charge in [0.25, 0.3) is 0 Å². The monoisotopic (exact) mass is 325 g/mol. The second-order valence-electron chi connectivity index (χ2n) is 6.58. The molecule has 1 aliphatic heterocycles. The van der Waals surface area contributed by atoms with Crippen LogP contribution in [0.2, 0.25) is 0 Å². The van der Waals surface area contributed by atoms with E-state index < -0.39 is 0 Å². The fourth-order valence-electron chi connectivity index (χ4n) is 3.27. The van der Waals surface area contributed by atoms with E-state index in [0.717, 1.165) is 38.2 Å². The van der Waals surface area contributed by atoms with Crippen LogP contribution in [0.25, 0.3) is 0 Å². The highest BCUT2D eigenvalue weighted by Crippen LogP contribution is 2.13. The van der Waals surface area contributed by atoms with E-state index in [1.54, 1.807) is 0 Å². The molecule has 0 unspecified atom stereocenters. The second kappa shape index (κ2) is 8.92. The summed E-state index contributed by atoms with van der Waals surface area (Å²) in [7, 11) is 0. The third-order valence-corrected chi connectivity index (χ3v) is 4.80. The van der Waals surface area contributed by atoms with E-state index >= 15 is 0 Å². The molecule has 24 heavy (non-hydrogen) atoms. The molecule has 128 valence electrons. The van der Waals surface area contributed by atoms with Gasteiger partial charge in [0.1, 0.15) is 0 Å². The normalized spacial score (nSPS) is 16.4. The van der Waals surface area contributed by atoms with Crippen molar-refractivity contribution < 1.29 is 5.11 Å². The number of hydrogen-bond donors (Lipinski definition) is 2. The van der Waals surface area contributed by atoms with Crippen molar-refractivity contribution in [2.45, 2.75) is 38.5 Å². The highest BCUT2D eigenvalue weighted by atomic mass is 16.3. The number of rotatable bonds is 7. The lowest BCUT2D eigenvalue weighted by atomic mass is 10.0. The summed E-state index contributed by atoms with van der Waals surface area (Å²) in [4.78, 5) is 6.61. The Balaban J connectivity index is 1.35. The second-order valence-corrected chi connectivity index (χ2v) is 6.58. The molecule has 0 spiro atoms. The predicted octanol–water partition coefficient (Wildman–Crippen LogP) is 2.37. The molecule has 0 bridgehead atoms. The van der Waals surface area contributed by atoms with Crippen LogP contribution in [-0.4, -0.2) is 40.7 Å². The Labute approximate surface area is 144 Å². The predicted molar refractivity (Wildman–Crippen MR) is 96.6 cm³/mol. The molecule has 1 aromatic carbocycles. The number of piperidine rings is 1. The third-order valence-electron chi connectivity index (χ3n) is 4.80. The summed E-state index contributed by atoms with van der Waals surface area (Å²) >= 11 is 0. The van der Waals surface area contributed by atoms with Gasteiger partial charge in [-0.15, -0.1) is 0 Å². The summed E-state index contributed by atoms with van der Waals surface area (Å²) in [6.45, 7) is 4.49. The Bertz CT molecular complexity index is 592. The summed E-state index contributed by atoms with van der Waals surface area (Å²) in [5.74, 6) is 0. The summed E-state index contributed by atoms with van der Waals surface area (Å²) in [6.07, 6.45) is 7.22. The zero-order valence-electron chi connectivity index (χ0n) is 14.2. The van der Waals surface area contributed by atoms with Crippen LogP contribution in [0.3, 0.4) is 0 Å². The quantitative estimate of drug-likeness (QED) is 0.820. The molecule has 3 rings (SSSR count). The van der Waals surface area contributed by atoms with Crippen molar-refractivity contribution in [3.8, 4) is 0 Å². The van der Waals surface area contributed by atoms with Gasteiger partial charge < -0.3 is 10.4 Å². The minimum Gasteiger partial charge on any atom is -0.392 e. The van der Waals surface area contributed by atoms with Gasteiger partial charge in [-0.2, -0.15) is 0 Å². The molecular formula is C20H27N3O. The van der Waals surface area contributed by atoms with Gasteiger partial charge in [0.15, 0.2) is 0 Å². The molecule has 0 atom stereocenters. The summed E-state index contributed by atoms with van der Waals surface area (Å²) in [6, 6.07) is 13.1. The minimum atomic E-state index is 0.122. The van der Waals surface area contributed by atoms with E-state index in [-0.39, 0.29) is 6.61 Å². The van der Waals surface area contributed by atoms with Crippen molar-refractivity contribution in [2.24, 2.45) is 0 Å². The van der Waals surface area contributed by atoms with Crippen molar-refractivity contribution in [1.29, 1.82) is 0 Å². The zero-order chi connectivity index (χ0) is 16.6. The Morgan fingerprint density at radius 3 is 2.29 bits per heavy atom. The number of nitrogens with one attached hydrogen (secondary N) is 1. The number of aliphatic hydroxyl groups is 1. The van der Waals surface area contributed by atoms with E-state index in [1.807, 2.05) is 24.5 Å². The number of benzene rings is 1. The van der Waals surface area contributed by atoms with Crippen LogP contribution in [0.15, 0.2) is 48.8 Å². The molecule has 1 aromatic heterocycles. The van der Waals surface area contributed by atoms with Gasteiger partial charge in [-0.05, 0) is 67.7 Å². The molecule has 0 radical (unpaired) electrons. The first-order chi connectivity index (χ1) is 11.8. The van der Waals surface area contributed by atoms with E-state index in [9.17, 15) is 0 Å². The highest BCUT2D eigenvalue weighted by Gasteiger charge is 2.18. The molecule has 0 amide bonds. The van der Waals surface area contributed by atoms with Crippen LogP contribution in [-0.2, 0) is 19.6 Å². The number of aromatic nitrogens is 1. The van der Waals surface area contributed by atoms with Crippen LogP contribution in [0.1, 0.15) is 29.5 Å². The summed E-state index contributed by atoms with van der Waals surface area (Å²) in [5.41, 5.74) is 3.66. The van der Waals surface area contributed by atoms with Crippen molar-refractivity contribution in [3.63, 3.8) is 0 Å². The molecule has 1 saturated heterocycles. The lowest BCUT2D eigenvalue weighted by molar-refractivity contribution is 0.191. The van der Waals surface area contributed by atoms with Crippen LogP contribution >= 0.6 is 0 Å². The van der Waals surface area contributed by atoms with Gasteiger partial charge in [0.05, 0.1) is 6.61 Å². The average Bonchev–Trinajstić information content (AvgIpc) is 2.65. The SMILES string of the molecule is OCc1ccc(CCNC2CCN(Cc3ccncc3)CC2)cc1. The van der Waals surface area contributed by atoms with Gasteiger partial charge in [-0.25, -0.2) is 0 Å². The first-order valence-electron chi connectivity index (χ1n) is 8.87. The van der Waals surface area contributed by atoms with E-state index in [2.05, 4.69) is 39.5 Å². The first kappa shape index (κ1) is 17.1. The zero-order valence-corrected chi connectivity index (χ0v) is 14.2. The smallest absolute Gasteiger partial charge is 0.0681 e. The molecule has 4 heteroatoms. The van der Waals surface area contributed by atoms with Gasteiger partial charge in [0, 0.05) is 25.0 Å². The van der Waals surface area contributed by atoms with E-state index in [4.69, 9.17) is 5.11 Å². The molecule has 4 nitrogen and oxygen atoms in total. The molecule has 2 N–H and O–H groups in total. The largest absolute Gasteiger partial charge is 0.392 e. The number of pyridine rings is 1. The van der Waals surface area contributed by atoms with Crippen LogP contribution in [0.5, 0.6) is 0 Å². The van der Waals surface area contributed by atoms with Crippen LogP contribution < -0.4 is 5.32 Å². The average molecular weight is 325 g/mol. The van der Waals surface area contributed by atoms with Gasteiger partial charge in [0.2, 0.25) is 0 Å². The Morgan fingerprint density at radius 1 is 0.958 bits per heavy atom. The number of likely N-dealkylation sites (tertiary alicyclic amines) is 1. The summed E-state index contributed by atoms with van der Waals surface area (Å²) < 4.78 is 0. The highest BCUT2D eigenvalue weighted by molar-refractivity contribution is 5.22. The van der Waals surface area contributed by atoms with Crippen molar-refractivity contribution in [3.05, 3.63) is 65.5 Å². The maximum atomic E-state index is 9.07. The molecule has 1 aliphatic rings. The Morgan fingerprint density at radius 2 is 1.62 bits per heavy atom. The number of hydrogen-bond acceptors (Lipinski definition) is 4. The molecule has 2 aromatic rings. The van der Waals surface area contributed by atoms with E-state index in [0.29, 0.717) is 6.04 Å². The molecule has 0 saturated carbocycles. The first-order valence-corrected chi connectivity index (χ1v) is 8.87. The Hall–Kier alpha value is -1.75. The molecular weight excluding hydrogens is 298 g/mol. The molecule has 1 fully saturated rings. The van der Waals surface area contributed by atoms with Crippen LogP contribution in [0, 0.1) is 0 Å². The maximum absolute atomic E-state index is 9.07. The maximum Gasteiger partial charge on any atom is 0.0681 e. The van der Waals surface area contributed by atoms with Gasteiger partial charge in [-0.1, -0.05) is 24.3 Å². The lowest BCUT2D eigenvalue weighted by Crippen LogP contribution is -2.42. The van der Waals surface area contributed by atoms with E-state index in [1.165, 1.54) is 24.0 Å². The van der Waals surface area contributed by atoms with Crippen molar-refractivity contribution in [2.75, 3.05) is 19.6 Å². The van der Waals surface area contributed by atoms with Gasteiger partial charge in [-0.3, -0.25) is 9.88 Å². The fourth-order valence-corrected chi connectivity index (χ4v) is 3.27. The number of aliphatic hydroxyl groups excluding tert-OH is 1. The van der Waals surface area contributed by atoms with Crippen LogP contribution in [0.4, 0.5) is 0 Å². The lowest BCUT2D eigenvalue weighted by Gasteiger charge is -2.32.